The number of ether oxygens (including phenoxy) is 1. The number of halogens is 1. The molecule has 0 bridgehead atoms. The molecule has 0 unspecified atom stereocenters. The van der Waals surface area contributed by atoms with Gasteiger partial charge in [-0.05, 0) is 42.0 Å². The maximum atomic E-state index is 13.8. The van der Waals surface area contributed by atoms with E-state index in [9.17, 15) is 4.39 Å². The minimum atomic E-state index is -0.194. The summed E-state index contributed by atoms with van der Waals surface area (Å²) >= 11 is 1.60. The van der Waals surface area contributed by atoms with E-state index in [1.165, 1.54) is 6.07 Å². The third kappa shape index (κ3) is 2.87. The Kier molecular flexibility index (Phi) is 4.16. The second kappa shape index (κ2) is 6.45. The summed E-state index contributed by atoms with van der Waals surface area (Å²) in [7, 11) is 0. The van der Waals surface area contributed by atoms with Crippen LogP contribution >= 0.6 is 11.3 Å². The van der Waals surface area contributed by atoms with E-state index in [1.54, 1.807) is 29.8 Å². The van der Waals surface area contributed by atoms with Gasteiger partial charge in [-0.15, -0.1) is 11.3 Å². The summed E-state index contributed by atoms with van der Waals surface area (Å²) in [5.41, 5.74) is 0.877. The maximum Gasteiger partial charge on any atom is 0.138 e. The van der Waals surface area contributed by atoms with Gasteiger partial charge in [0.05, 0.1) is 5.39 Å². The number of fused-ring (bicyclic) bond motifs is 1. The minimum Gasteiger partial charge on any atom is -0.381 e. The van der Waals surface area contributed by atoms with Crippen LogP contribution in [0.5, 0.6) is 0 Å². The first kappa shape index (κ1) is 15.5. The molecule has 3 aromatic rings. The standard InChI is InChI=1S/C18H18FN3OS/c19-14-3-1-2-13(10-14)18(5-7-23-8-6-18)11-20-16-15-4-9-24-17(15)22-12-21-16/h1-4,9-10,12H,5-8,11H2,(H,20,21,22). The lowest BCUT2D eigenvalue weighted by molar-refractivity contribution is 0.0543. The molecule has 6 heteroatoms. The van der Waals surface area contributed by atoms with Crippen molar-refractivity contribution in [3.63, 3.8) is 0 Å². The van der Waals surface area contributed by atoms with Crippen molar-refractivity contribution in [3.05, 3.63) is 53.4 Å². The number of rotatable bonds is 4. The molecule has 0 radical (unpaired) electrons. The molecule has 1 saturated heterocycles. The van der Waals surface area contributed by atoms with Crippen LogP contribution in [0.2, 0.25) is 0 Å². The van der Waals surface area contributed by atoms with E-state index in [4.69, 9.17) is 4.74 Å². The van der Waals surface area contributed by atoms with Crippen LogP contribution < -0.4 is 5.32 Å². The number of hydrogen-bond acceptors (Lipinski definition) is 5. The third-order valence-corrected chi connectivity index (χ3v) is 5.56. The quantitative estimate of drug-likeness (QED) is 0.778. The summed E-state index contributed by atoms with van der Waals surface area (Å²) in [5.74, 6) is 0.643. The van der Waals surface area contributed by atoms with Gasteiger partial charge in [-0.25, -0.2) is 14.4 Å². The number of thiophene rings is 1. The van der Waals surface area contributed by atoms with Crippen molar-refractivity contribution in [2.75, 3.05) is 25.1 Å². The van der Waals surface area contributed by atoms with E-state index >= 15 is 0 Å². The number of aromatic nitrogens is 2. The van der Waals surface area contributed by atoms with Gasteiger partial charge < -0.3 is 10.1 Å². The van der Waals surface area contributed by atoms with Crippen molar-refractivity contribution < 1.29 is 9.13 Å². The van der Waals surface area contributed by atoms with Crippen molar-refractivity contribution in [1.29, 1.82) is 0 Å². The molecule has 4 rings (SSSR count). The molecule has 2 aromatic heterocycles. The van der Waals surface area contributed by atoms with Gasteiger partial charge in [-0.2, -0.15) is 0 Å². The zero-order valence-electron chi connectivity index (χ0n) is 13.2. The van der Waals surface area contributed by atoms with E-state index in [2.05, 4.69) is 15.3 Å². The summed E-state index contributed by atoms with van der Waals surface area (Å²) in [5, 5.41) is 6.53. The molecule has 0 saturated carbocycles. The lowest BCUT2D eigenvalue weighted by Gasteiger charge is -2.38. The normalized spacial score (nSPS) is 17.0. The van der Waals surface area contributed by atoms with Crippen molar-refractivity contribution in [3.8, 4) is 0 Å². The second-order valence-corrected chi connectivity index (χ2v) is 7.01. The Morgan fingerprint density at radius 1 is 1.21 bits per heavy atom. The van der Waals surface area contributed by atoms with Gasteiger partial charge in [-0.1, -0.05) is 12.1 Å². The van der Waals surface area contributed by atoms with Crippen LogP contribution in [0.15, 0.2) is 42.0 Å². The van der Waals surface area contributed by atoms with E-state index in [1.807, 2.05) is 17.5 Å². The Morgan fingerprint density at radius 3 is 2.92 bits per heavy atom. The molecule has 1 aliphatic heterocycles. The first-order valence-electron chi connectivity index (χ1n) is 8.03. The van der Waals surface area contributed by atoms with Gasteiger partial charge >= 0.3 is 0 Å². The fourth-order valence-electron chi connectivity index (χ4n) is 3.33. The van der Waals surface area contributed by atoms with Gasteiger partial charge in [-0.3, -0.25) is 0 Å². The molecule has 1 N–H and O–H groups in total. The van der Waals surface area contributed by atoms with Gasteiger partial charge in [0.25, 0.3) is 0 Å². The molecule has 1 aromatic carbocycles. The number of benzene rings is 1. The van der Waals surface area contributed by atoms with E-state index in [0.29, 0.717) is 19.8 Å². The first-order valence-corrected chi connectivity index (χ1v) is 8.91. The highest BCUT2D eigenvalue weighted by atomic mass is 32.1. The van der Waals surface area contributed by atoms with Gasteiger partial charge in [0.15, 0.2) is 0 Å². The van der Waals surface area contributed by atoms with Crippen molar-refractivity contribution in [1.82, 2.24) is 9.97 Å². The predicted molar refractivity (Wildman–Crippen MR) is 94.0 cm³/mol. The number of anilines is 1. The fourth-order valence-corrected chi connectivity index (χ4v) is 4.06. The maximum absolute atomic E-state index is 13.8. The Bertz CT molecular complexity index is 845. The van der Waals surface area contributed by atoms with E-state index < -0.39 is 0 Å². The van der Waals surface area contributed by atoms with Crippen LogP contribution in [-0.2, 0) is 10.2 Å². The van der Waals surface area contributed by atoms with E-state index in [-0.39, 0.29) is 11.2 Å². The average molecular weight is 343 g/mol. The zero-order chi connectivity index (χ0) is 16.4. The molecule has 4 nitrogen and oxygen atoms in total. The molecule has 0 aliphatic carbocycles. The Hall–Kier alpha value is -2.05. The van der Waals surface area contributed by atoms with Gasteiger partial charge in [0.2, 0.25) is 0 Å². The summed E-state index contributed by atoms with van der Waals surface area (Å²) in [6.45, 7) is 2.08. The molecule has 124 valence electrons. The van der Waals surface area contributed by atoms with Crippen LogP contribution in [0, 0.1) is 5.82 Å². The Balaban J connectivity index is 1.64. The summed E-state index contributed by atoms with van der Waals surface area (Å²) in [4.78, 5) is 9.64. The highest BCUT2D eigenvalue weighted by Crippen LogP contribution is 2.36. The molecule has 1 fully saturated rings. The predicted octanol–water partition coefficient (Wildman–Crippen LogP) is 3.99. The highest BCUT2D eigenvalue weighted by molar-refractivity contribution is 7.16. The number of hydrogen-bond donors (Lipinski definition) is 1. The monoisotopic (exact) mass is 343 g/mol. The van der Waals surface area contributed by atoms with Crippen LogP contribution in [-0.4, -0.2) is 29.7 Å². The largest absolute Gasteiger partial charge is 0.381 e. The number of nitrogens with one attached hydrogen (secondary N) is 1. The van der Waals surface area contributed by atoms with Gasteiger partial charge in [0.1, 0.15) is 22.8 Å². The smallest absolute Gasteiger partial charge is 0.138 e. The van der Waals surface area contributed by atoms with Gasteiger partial charge in [0, 0.05) is 25.2 Å². The summed E-state index contributed by atoms with van der Waals surface area (Å²) in [6, 6.07) is 8.96. The Morgan fingerprint density at radius 2 is 2.08 bits per heavy atom. The van der Waals surface area contributed by atoms with Crippen molar-refractivity contribution in [2.24, 2.45) is 0 Å². The minimum absolute atomic E-state index is 0.145. The molecule has 0 amide bonds. The van der Waals surface area contributed by atoms with Crippen molar-refractivity contribution in [2.45, 2.75) is 18.3 Å². The highest BCUT2D eigenvalue weighted by Gasteiger charge is 2.34. The molecule has 0 spiro atoms. The fraction of sp³-hybridized carbons (Fsp3) is 0.333. The van der Waals surface area contributed by atoms with Crippen LogP contribution in [0.3, 0.4) is 0 Å². The lowest BCUT2D eigenvalue weighted by Crippen LogP contribution is -2.40. The average Bonchev–Trinajstić information content (AvgIpc) is 3.10. The number of nitrogens with zero attached hydrogens (tertiary/aromatic N) is 2. The topological polar surface area (TPSA) is 47.0 Å². The zero-order valence-corrected chi connectivity index (χ0v) is 14.0. The molecule has 0 atom stereocenters. The molecule has 3 heterocycles. The SMILES string of the molecule is Fc1cccc(C2(CNc3ncnc4sccc34)CCOCC2)c1. The molecular weight excluding hydrogens is 325 g/mol. The summed E-state index contributed by atoms with van der Waals surface area (Å²) in [6.07, 6.45) is 3.31. The van der Waals surface area contributed by atoms with Crippen LogP contribution in [0.25, 0.3) is 10.2 Å². The molecular formula is C18H18FN3OS. The third-order valence-electron chi connectivity index (χ3n) is 4.74. The van der Waals surface area contributed by atoms with E-state index in [0.717, 1.165) is 34.4 Å². The summed E-state index contributed by atoms with van der Waals surface area (Å²) < 4.78 is 19.3. The Labute approximate surface area is 143 Å². The van der Waals surface area contributed by atoms with Crippen LogP contribution in [0.1, 0.15) is 18.4 Å². The molecule has 1 aliphatic rings. The van der Waals surface area contributed by atoms with Crippen LogP contribution in [0.4, 0.5) is 10.2 Å². The van der Waals surface area contributed by atoms with Crippen molar-refractivity contribution >= 4 is 27.4 Å². The lowest BCUT2D eigenvalue weighted by atomic mass is 9.74. The first-order chi connectivity index (χ1) is 11.8. The second-order valence-electron chi connectivity index (χ2n) is 6.12. The molecule has 24 heavy (non-hydrogen) atoms.